The van der Waals surface area contributed by atoms with Gasteiger partial charge in [-0.3, -0.25) is 0 Å². The molecule has 2 heterocycles. The largest absolute Gasteiger partial charge is 0.489 e. The van der Waals surface area contributed by atoms with Gasteiger partial charge in [-0.2, -0.15) is 0 Å². The van der Waals surface area contributed by atoms with Crippen molar-refractivity contribution < 1.29 is 14.5 Å². The Morgan fingerprint density at radius 1 is 0.629 bits per heavy atom. The topological polar surface area (TPSA) is 58.5 Å². The lowest BCUT2D eigenvalue weighted by Gasteiger charge is -2.09. The van der Waals surface area contributed by atoms with Crippen molar-refractivity contribution in [3.05, 3.63) is 109 Å². The van der Waals surface area contributed by atoms with Crippen molar-refractivity contribution in [1.82, 2.24) is 4.57 Å². The Bertz CT molecular complexity index is 1880. The minimum absolute atomic E-state index is 0.440. The Morgan fingerprint density at radius 2 is 1.34 bits per heavy atom. The normalized spacial score (nSPS) is 11.7. The van der Waals surface area contributed by atoms with E-state index in [2.05, 4.69) is 71.3 Å². The zero-order valence-electron chi connectivity index (χ0n) is 18.7. The Labute approximate surface area is 201 Å². The van der Waals surface area contributed by atoms with Crippen molar-refractivity contribution in [3.63, 3.8) is 0 Å². The zero-order valence-corrected chi connectivity index (χ0v) is 18.7. The fourth-order valence-electron chi connectivity index (χ4n) is 5.29. The quantitative estimate of drug-likeness (QED) is 0.321. The van der Waals surface area contributed by atoms with Crippen LogP contribution in [-0.2, 0) is 0 Å². The molecule has 0 aliphatic rings. The van der Waals surface area contributed by atoms with Gasteiger partial charge in [0.1, 0.15) is 11.2 Å². The summed E-state index contributed by atoms with van der Waals surface area (Å²) in [7, 11) is -1.58. The third kappa shape index (κ3) is 2.96. The van der Waals surface area contributed by atoms with Crippen LogP contribution >= 0.6 is 0 Å². The number of fused-ring (bicyclic) bond motifs is 6. The van der Waals surface area contributed by atoms with Gasteiger partial charge in [-0.25, -0.2) is 0 Å². The first-order valence-electron chi connectivity index (χ1n) is 11.6. The Hall–Kier alpha value is -4.32. The molecule has 2 aromatic heterocycles. The van der Waals surface area contributed by atoms with Gasteiger partial charge in [0.15, 0.2) is 0 Å². The molecule has 7 rings (SSSR count). The van der Waals surface area contributed by atoms with Crippen molar-refractivity contribution in [2.45, 2.75) is 0 Å². The standard InChI is InChI=1S/C30H20BNO3/c33-31(34)25-16-15-21(30-29(25)23-11-5-7-13-28(23)35-30)19-14-17-27-24(18-19)22-10-4-6-12-26(22)32(27)20-8-2-1-3-9-20/h1-18,33-34H. The third-order valence-electron chi connectivity index (χ3n) is 6.83. The highest BCUT2D eigenvalue weighted by atomic mass is 16.4. The van der Waals surface area contributed by atoms with E-state index in [4.69, 9.17) is 4.42 Å². The number of nitrogens with zero attached hydrogens (tertiary/aromatic N) is 1. The molecule has 5 heteroatoms. The predicted molar refractivity (Wildman–Crippen MR) is 143 cm³/mol. The maximum Gasteiger partial charge on any atom is 0.489 e. The van der Waals surface area contributed by atoms with Gasteiger partial charge >= 0.3 is 7.12 Å². The number of para-hydroxylation sites is 3. The second-order valence-corrected chi connectivity index (χ2v) is 8.80. The first kappa shape index (κ1) is 20.1. The van der Waals surface area contributed by atoms with E-state index in [-0.39, 0.29) is 0 Å². The SMILES string of the molecule is OB(O)c1ccc(-c2ccc3c(c2)c2ccccc2n3-c2ccccc2)c2oc3ccccc3c12. The summed E-state index contributed by atoms with van der Waals surface area (Å²) < 4.78 is 8.56. The molecule has 0 bridgehead atoms. The summed E-state index contributed by atoms with van der Waals surface area (Å²) in [6.07, 6.45) is 0. The summed E-state index contributed by atoms with van der Waals surface area (Å²) in [6, 6.07) is 36.7. The smallest absolute Gasteiger partial charge is 0.455 e. The van der Waals surface area contributed by atoms with E-state index >= 15 is 0 Å². The predicted octanol–water partition coefficient (Wildman–Crippen LogP) is 6.03. The molecule has 166 valence electrons. The van der Waals surface area contributed by atoms with Gasteiger partial charge in [0, 0.05) is 32.8 Å². The first-order chi connectivity index (χ1) is 17.2. The van der Waals surface area contributed by atoms with Gasteiger partial charge in [0.2, 0.25) is 0 Å². The Balaban J connectivity index is 1.54. The highest BCUT2D eigenvalue weighted by Gasteiger charge is 2.22. The summed E-state index contributed by atoms with van der Waals surface area (Å²) >= 11 is 0. The maximum atomic E-state index is 10.0. The van der Waals surface area contributed by atoms with E-state index in [1.165, 1.54) is 5.39 Å². The Morgan fingerprint density at radius 3 is 2.17 bits per heavy atom. The molecule has 35 heavy (non-hydrogen) atoms. The average Bonchev–Trinajstić information content (AvgIpc) is 3.44. The van der Waals surface area contributed by atoms with Gasteiger partial charge in [-0.15, -0.1) is 0 Å². The molecule has 4 nitrogen and oxygen atoms in total. The van der Waals surface area contributed by atoms with Crippen molar-refractivity contribution in [1.29, 1.82) is 0 Å². The van der Waals surface area contributed by atoms with Crippen LogP contribution in [-0.4, -0.2) is 21.7 Å². The van der Waals surface area contributed by atoms with E-state index < -0.39 is 7.12 Å². The summed E-state index contributed by atoms with van der Waals surface area (Å²) in [5.41, 5.74) is 7.14. The van der Waals surface area contributed by atoms with Crippen LogP contribution in [0.15, 0.2) is 114 Å². The summed E-state index contributed by atoms with van der Waals surface area (Å²) in [5, 5.41) is 24.0. The minimum Gasteiger partial charge on any atom is -0.455 e. The van der Waals surface area contributed by atoms with Gasteiger partial charge < -0.3 is 19.0 Å². The number of rotatable bonds is 3. The van der Waals surface area contributed by atoms with Crippen molar-refractivity contribution in [2.75, 3.05) is 0 Å². The van der Waals surface area contributed by atoms with Crippen LogP contribution in [0.25, 0.3) is 60.6 Å². The molecule has 0 saturated carbocycles. The number of hydrogen-bond acceptors (Lipinski definition) is 3. The third-order valence-corrected chi connectivity index (χ3v) is 6.83. The molecular formula is C30H20BNO3. The highest BCUT2D eigenvalue weighted by Crippen LogP contribution is 2.38. The van der Waals surface area contributed by atoms with Crippen LogP contribution in [0.2, 0.25) is 0 Å². The lowest BCUT2D eigenvalue weighted by molar-refractivity contribution is 0.426. The lowest BCUT2D eigenvalue weighted by atomic mass is 9.76. The molecule has 0 fully saturated rings. The van der Waals surface area contributed by atoms with Crippen molar-refractivity contribution in [3.8, 4) is 16.8 Å². The molecule has 0 spiro atoms. The molecule has 0 atom stereocenters. The van der Waals surface area contributed by atoms with Crippen LogP contribution in [0.3, 0.4) is 0 Å². The molecule has 5 aromatic carbocycles. The molecule has 0 unspecified atom stereocenters. The van der Waals surface area contributed by atoms with Gasteiger partial charge in [-0.1, -0.05) is 72.8 Å². The molecule has 0 saturated heterocycles. The van der Waals surface area contributed by atoms with E-state index in [1.54, 1.807) is 6.07 Å². The summed E-state index contributed by atoms with van der Waals surface area (Å²) in [5.74, 6) is 0. The van der Waals surface area contributed by atoms with Crippen LogP contribution in [0.1, 0.15) is 0 Å². The van der Waals surface area contributed by atoms with Gasteiger partial charge in [-0.05, 0) is 47.4 Å². The molecule has 0 aliphatic heterocycles. The van der Waals surface area contributed by atoms with E-state index in [9.17, 15) is 10.0 Å². The van der Waals surface area contributed by atoms with Crippen LogP contribution in [0, 0.1) is 0 Å². The number of hydrogen-bond donors (Lipinski definition) is 2. The maximum absolute atomic E-state index is 10.0. The summed E-state index contributed by atoms with van der Waals surface area (Å²) in [4.78, 5) is 0. The second-order valence-electron chi connectivity index (χ2n) is 8.80. The second kappa shape index (κ2) is 7.60. The fraction of sp³-hybridized carbons (Fsp3) is 0. The molecule has 0 amide bonds. The number of aromatic nitrogens is 1. The monoisotopic (exact) mass is 453 g/mol. The average molecular weight is 453 g/mol. The van der Waals surface area contributed by atoms with E-state index in [0.29, 0.717) is 11.0 Å². The lowest BCUT2D eigenvalue weighted by Crippen LogP contribution is -2.30. The first-order valence-corrected chi connectivity index (χ1v) is 11.6. The zero-order chi connectivity index (χ0) is 23.5. The fourth-order valence-corrected chi connectivity index (χ4v) is 5.29. The molecule has 0 aliphatic carbocycles. The van der Waals surface area contributed by atoms with E-state index in [1.807, 2.05) is 36.4 Å². The molecule has 0 radical (unpaired) electrons. The molecular weight excluding hydrogens is 433 g/mol. The van der Waals surface area contributed by atoms with Crippen LogP contribution < -0.4 is 5.46 Å². The van der Waals surface area contributed by atoms with Crippen LogP contribution in [0.5, 0.6) is 0 Å². The molecule has 2 N–H and O–H groups in total. The van der Waals surface area contributed by atoms with Crippen molar-refractivity contribution >= 4 is 56.3 Å². The summed E-state index contributed by atoms with van der Waals surface area (Å²) in [6.45, 7) is 0. The number of benzene rings is 5. The van der Waals surface area contributed by atoms with Gasteiger partial charge in [0.25, 0.3) is 0 Å². The number of furan rings is 1. The molecule has 7 aromatic rings. The Kier molecular flexibility index (Phi) is 4.36. The van der Waals surface area contributed by atoms with Crippen LogP contribution in [0.4, 0.5) is 0 Å². The van der Waals surface area contributed by atoms with Gasteiger partial charge in [0.05, 0.1) is 11.0 Å². The minimum atomic E-state index is -1.58. The highest BCUT2D eigenvalue weighted by molar-refractivity contribution is 6.63. The van der Waals surface area contributed by atoms with Crippen molar-refractivity contribution in [2.24, 2.45) is 0 Å². The van der Waals surface area contributed by atoms with E-state index in [0.717, 1.165) is 49.6 Å².